The number of nitrogens with zero attached hydrogens (tertiary/aromatic N) is 4. The zero-order chi connectivity index (χ0) is 18.4. The number of hydrogen-bond acceptors (Lipinski definition) is 4. The number of aliphatic imine (C=N–C) groups is 1. The number of halogens is 2. The number of rotatable bonds is 5. The van der Waals surface area contributed by atoms with E-state index in [1.807, 2.05) is 6.07 Å². The van der Waals surface area contributed by atoms with Crippen LogP contribution in [0.5, 0.6) is 0 Å². The summed E-state index contributed by atoms with van der Waals surface area (Å²) in [6, 6.07) is 10.9. The first-order valence-electron chi connectivity index (χ1n) is 9.09. The summed E-state index contributed by atoms with van der Waals surface area (Å²) < 4.78 is 6.00. The van der Waals surface area contributed by atoms with E-state index in [4.69, 9.17) is 9.52 Å². The fraction of sp³-hybridized carbons (Fsp3) is 0.474. The number of benzene rings is 1. The Balaban J connectivity index is 0.00000261. The molecule has 1 fully saturated rings. The standard InChI is InChI=1S/C19H26BrN5O.HI/c1-3-21-19(22-14-18-8-13-26-23-18)25-11-9-24(10-12-25)15(2)16-4-6-17(20)7-5-16;/h4-8,13,15H,3,9-12,14H2,1-2H3,(H,21,22);1H. The second kappa shape index (κ2) is 11.0. The second-order valence-corrected chi connectivity index (χ2v) is 7.33. The SMILES string of the molecule is CCNC(=NCc1ccon1)N1CCN(C(C)c2ccc(Br)cc2)CC1.I. The van der Waals surface area contributed by atoms with Crippen molar-refractivity contribution < 1.29 is 4.52 Å². The van der Waals surface area contributed by atoms with Crippen molar-refractivity contribution in [3.63, 3.8) is 0 Å². The maximum Gasteiger partial charge on any atom is 0.194 e. The van der Waals surface area contributed by atoms with E-state index in [0.29, 0.717) is 12.6 Å². The third-order valence-electron chi connectivity index (χ3n) is 4.73. The molecule has 1 saturated heterocycles. The van der Waals surface area contributed by atoms with Gasteiger partial charge in [-0.1, -0.05) is 33.2 Å². The van der Waals surface area contributed by atoms with Gasteiger partial charge in [-0.2, -0.15) is 0 Å². The number of hydrogen-bond donors (Lipinski definition) is 1. The molecule has 0 saturated carbocycles. The highest BCUT2D eigenvalue weighted by atomic mass is 127. The molecule has 6 nitrogen and oxygen atoms in total. The molecular formula is C19H27BrIN5O. The molecule has 2 heterocycles. The van der Waals surface area contributed by atoms with Crippen LogP contribution >= 0.6 is 39.9 Å². The highest BCUT2D eigenvalue weighted by molar-refractivity contribution is 14.0. The van der Waals surface area contributed by atoms with Crippen molar-refractivity contribution in [3.05, 3.63) is 52.3 Å². The lowest BCUT2D eigenvalue weighted by Crippen LogP contribution is -2.52. The summed E-state index contributed by atoms with van der Waals surface area (Å²) in [6.45, 7) is 9.73. The fourth-order valence-corrected chi connectivity index (χ4v) is 3.44. The Morgan fingerprint density at radius 2 is 1.93 bits per heavy atom. The lowest BCUT2D eigenvalue weighted by molar-refractivity contribution is 0.138. The zero-order valence-electron chi connectivity index (χ0n) is 15.8. The first-order chi connectivity index (χ1) is 12.7. The summed E-state index contributed by atoms with van der Waals surface area (Å²) in [5.41, 5.74) is 2.20. The molecule has 1 aliphatic rings. The fourth-order valence-electron chi connectivity index (χ4n) is 3.17. The Labute approximate surface area is 186 Å². The molecule has 1 aromatic heterocycles. The molecule has 1 aromatic carbocycles. The van der Waals surface area contributed by atoms with Gasteiger partial charge in [0.15, 0.2) is 5.96 Å². The van der Waals surface area contributed by atoms with E-state index < -0.39 is 0 Å². The first-order valence-corrected chi connectivity index (χ1v) is 9.88. The molecule has 8 heteroatoms. The molecule has 1 unspecified atom stereocenters. The minimum Gasteiger partial charge on any atom is -0.364 e. The molecule has 2 aromatic rings. The van der Waals surface area contributed by atoms with Crippen molar-refractivity contribution in [2.75, 3.05) is 32.7 Å². The minimum absolute atomic E-state index is 0. The van der Waals surface area contributed by atoms with Gasteiger partial charge in [0.25, 0.3) is 0 Å². The third-order valence-corrected chi connectivity index (χ3v) is 5.26. The molecule has 0 spiro atoms. The molecule has 148 valence electrons. The molecule has 0 bridgehead atoms. The van der Waals surface area contributed by atoms with E-state index in [2.05, 4.69) is 74.3 Å². The van der Waals surface area contributed by atoms with Crippen LogP contribution in [0.15, 0.2) is 50.6 Å². The van der Waals surface area contributed by atoms with Crippen molar-refractivity contribution in [3.8, 4) is 0 Å². The van der Waals surface area contributed by atoms with Gasteiger partial charge in [-0.15, -0.1) is 24.0 Å². The average Bonchev–Trinajstić information content (AvgIpc) is 3.19. The van der Waals surface area contributed by atoms with Gasteiger partial charge in [-0.3, -0.25) is 4.90 Å². The predicted octanol–water partition coefficient (Wildman–Crippen LogP) is 3.90. The zero-order valence-corrected chi connectivity index (χ0v) is 19.7. The summed E-state index contributed by atoms with van der Waals surface area (Å²) in [7, 11) is 0. The highest BCUT2D eigenvalue weighted by Gasteiger charge is 2.23. The van der Waals surface area contributed by atoms with Crippen LogP contribution in [0.25, 0.3) is 0 Å². The summed E-state index contributed by atoms with van der Waals surface area (Å²) in [4.78, 5) is 9.56. The van der Waals surface area contributed by atoms with E-state index in [0.717, 1.165) is 48.8 Å². The topological polar surface area (TPSA) is 56.9 Å². The van der Waals surface area contributed by atoms with E-state index in [-0.39, 0.29) is 24.0 Å². The molecular weight excluding hydrogens is 521 g/mol. The minimum atomic E-state index is 0. The second-order valence-electron chi connectivity index (χ2n) is 6.41. The highest BCUT2D eigenvalue weighted by Crippen LogP contribution is 2.23. The number of guanidine groups is 1. The van der Waals surface area contributed by atoms with Crippen LogP contribution in [-0.4, -0.2) is 53.6 Å². The van der Waals surface area contributed by atoms with Gasteiger partial charge in [0, 0.05) is 49.3 Å². The molecule has 3 rings (SSSR count). The number of piperazine rings is 1. The van der Waals surface area contributed by atoms with Crippen LogP contribution in [-0.2, 0) is 6.54 Å². The molecule has 0 radical (unpaired) electrons. The van der Waals surface area contributed by atoms with Gasteiger partial charge in [0.2, 0.25) is 0 Å². The van der Waals surface area contributed by atoms with Crippen molar-refractivity contribution >= 4 is 45.9 Å². The normalized spacial score (nSPS) is 16.7. The molecule has 0 aliphatic carbocycles. The van der Waals surface area contributed by atoms with Gasteiger partial charge in [-0.05, 0) is 31.5 Å². The molecule has 27 heavy (non-hydrogen) atoms. The Kier molecular flexibility index (Phi) is 9.04. The molecule has 1 atom stereocenters. The van der Waals surface area contributed by atoms with Crippen LogP contribution in [0.3, 0.4) is 0 Å². The summed E-state index contributed by atoms with van der Waals surface area (Å²) >= 11 is 3.51. The maximum absolute atomic E-state index is 4.88. The summed E-state index contributed by atoms with van der Waals surface area (Å²) in [5, 5.41) is 7.32. The van der Waals surface area contributed by atoms with Crippen LogP contribution < -0.4 is 5.32 Å². The van der Waals surface area contributed by atoms with Gasteiger partial charge in [-0.25, -0.2) is 4.99 Å². The molecule has 1 N–H and O–H groups in total. The van der Waals surface area contributed by atoms with Crippen molar-refractivity contribution in [1.82, 2.24) is 20.3 Å². The number of aromatic nitrogens is 1. The summed E-state index contributed by atoms with van der Waals surface area (Å²) in [6.07, 6.45) is 1.58. The van der Waals surface area contributed by atoms with Crippen LogP contribution in [0.4, 0.5) is 0 Å². The monoisotopic (exact) mass is 547 g/mol. The Morgan fingerprint density at radius 3 is 2.52 bits per heavy atom. The molecule has 0 amide bonds. The van der Waals surface area contributed by atoms with Crippen LogP contribution in [0.1, 0.15) is 31.1 Å². The van der Waals surface area contributed by atoms with E-state index in [1.54, 1.807) is 6.26 Å². The van der Waals surface area contributed by atoms with E-state index >= 15 is 0 Å². The van der Waals surface area contributed by atoms with Crippen LogP contribution in [0.2, 0.25) is 0 Å². The van der Waals surface area contributed by atoms with E-state index in [9.17, 15) is 0 Å². The summed E-state index contributed by atoms with van der Waals surface area (Å²) in [5.74, 6) is 0.950. The Morgan fingerprint density at radius 1 is 1.22 bits per heavy atom. The Hall–Kier alpha value is -1.13. The van der Waals surface area contributed by atoms with Gasteiger partial charge in [0.05, 0.1) is 6.54 Å². The maximum atomic E-state index is 4.88. The Bertz CT molecular complexity index is 699. The number of nitrogens with one attached hydrogen (secondary N) is 1. The lowest BCUT2D eigenvalue weighted by Gasteiger charge is -2.39. The predicted molar refractivity (Wildman–Crippen MR) is 122 cm³/mol. The largest absolute Gasteiger partial charge is 0.364 e. The van der Waals surface area contributed by atoms with Gasteiger partial charge < -0.3 is 14.7 Å². The van der Waals surface area contributed by atoms with Gasteiger partial charge in [0.1, 0.15) is 12.0 Å². The third kappa shape index (κ3) is 6.18. The average molecular weight is 548 g/mol. The smallest absolute Gasteiger partial charge is 0.194 e. The van der Waals surface area contributed by atoms with Crippen LogP contribution in [0, 0.1) is 0 Å². The molecule has 1 aliphatic heterocycles. The quantitative estimate of drug-likeness (QED) is 0.349. The van der Waals surface area contributed by atoms with Crippen molar-refractivity contribution in [1.29, 1.82) is 0 Å². The van der Waals surface area contributed by atoms with E-state index in [1.165, 1.54) is 5.56 Å². The van der Waals surface area contributed by atoms with Crippen molar-refractivity contribution in [2.24, 2.45) is 4.99 Å². The lowest BCUT2D eigenvalue weighted by atomic mass is 10.1. The van der Waals surface area contributed by atoms with Crippen molar-refractivity contribution in [2.45, 2.75) is 26.4 Å². The first kappa shape index (κ1) is 22.2. The van der Waals surface area contributed by atoms with Gasteiger partial charge >= 0.3 is 0 Å².